The molecule has 2 aliphatic rings. The molecule has 0 spiro atoms. The molecule has 0 bridgehead atoms. The first-order valence-corrected chi connectivity index (χ1v) is 12.8. The van der Waals surface area contributed by atoms with Crippen molar-refractivity contribution in [2.24, 2.45) is 5.92 Å². The number of fused-ring (bicyclic) bond motifs is 1. The number of aryl methyl sites for hydroxylation is 2. The summed E-state index contributed by atoms with van der Waals surface area (Å²) >= 11 is 1.50. The van der Waals surface area contributed by atoms with Gasteiger partial charge >= 0.3 is 0 Å². The van der Waals surface area contributed by atoms with Gasteiger partial charge in [-0.25, -0.2) is 17.7 Å². The highest BCUT2D eigenvalue weighted by molar-refractivity contribution is 7.89. The molecule has 2 fully saturated rings. The number of benzene rings is 1. The molecule has 2 heterocycles. The molecular weight excluding hydrogens is 406 g/mol. The summed E-state index contributed by atoms with van der Waals surface area (Å²) in [5.74, 6) is -0.212. The van der Waals surface area contributed by atoms with Crippen LogP contribution in [0.3, 0.4) is 0 Å². The van der Waals surface area contributed by atoms with Crippen molar-refractivity contribution >= 4 is 42.6 Å². The van der Waals surface area contributed by atoms with Gasteiger partial charge in [-0.3, -0.25) is 4.79 Å². The molecule has 1 saturated carbocycles. The van der Waals surface area contributed by atoms with Crippen molar-refractivity contribution in [3.63, 3.8) is 0 Å². The molecule has 1 aliphatic heterocycles. The molecule has 4 rings (SSSR count). The lowest BCUT2D eigenvalue weighted by molar-refractivity contribution is -0.120. The maximum Gasteiger partial charge on any atom is 0.229 e. The second-order valence-corrected chi connectivity index (χ2v) is 11.6. The fourth-order valence-corrected chi connectivity index (χ4v) is 7.57. The molecule has 0 atom stereocenters. The van der Waals surface area contributed by atoms with E-state index in [9.17, 15) is 13.2 Å². The van der Waals surface area contributed by atoms with Gasteiger partial charge in [0, 0.05) is 19.0 Å². The van der Waals surface area contributed by atoms with Gasteiger partial charge in [0.25, 0.3) is 0 Å². The van der Waals surface area contributed by atoms with Crippen LogP contribution in [-0.2, 0) is 14.8 Å². The highest BCUT2D eigenvalue weighted by Crippen LogP contribution is 2.32. The second kappa shape index (κ2) is 8.32. The molecule has 29 heavy (non-hydrogen) atoms. The number of sulfonamides is 1. The molecule has 1 saturated heterocycles. The Morgan fingerprint density at radius 3 is 2.48 bits per heavy atom. The average molecular weight is 436 g/mol. The van der Waals surface area contributed by atoms with Crippen molar-refractivity contribution in [1.29, 1.82) is 0 Å². The van der Waals surface area contributed by atoms with Crippen LogP contribution in [0.1, 0.15) is 56.1 Å². The van der Waals surface area contributed by atoms with Crippen LogP contribution in [0.15, 0.2) is 12.1 Å². The number of thiazole rings is 1. The molecule has 1 aromatic carbocycles. The molecule has 1 aliphatic carbocycles. The minimum atomic E-state index is -3.23. The van der Waals surface area contributed by atoms with E-state index in [1.807, 2.05) is 13.0 Å². The van der Waals surface area contributed by atoms with E-state index >= 15 is 0 Å². The third kappa shape index (κ3) is 4.34. The van der Waals surface area contributed by atoms with Crippen molar-refractivity contribution in [3.8, 4) is 0 Å². The van der Waals surface area contributed by atoms with Crippen LogP contribution in [0.2, 0.25) is 0 Å². The van der Waals surface area contributed by atoms with Gasteiger partial charge in [-0.2, -0.15) is 0 Å². The van der Waals surface area contributed by atoms with Crippen LogP contribution in [0.5, 0.6) is 0 Å². The summed E-state index contributed by atoms with van der Waals surface area (Å²) in [4.78, 5) is 17.3. The Labute approximate surface area is 176 Å². The summed E-state index contributed by atoms with van der Waals surface area (Å²) in [6.07, 6.45) is 5.84. The minimum absolute atomic E-state index is 0.0480. The normalized spacial score (nSPS) is 20.2. The lowest BCUT2D eigenvalue weighted by atomic mass is 9.97. The van der Waals surface area contributed by atoms with Gasteiger partial charge < -0.3 is 5.32 Å². The van der Waals surface area contributed by atoms with Crippen LogP contribution in [-0.4, -0.2) is 42.0 Å². The molecule has 6 nitrogen and oxygen atoms in total. The van der Waals surface area contributed by atoms with Gasteiger partial charge in [0.05, 0.1) is 15.5 Å². The first-order chi connectivity index (χ1) is 13.8. The van der Waals surface area contributed by atoms with Gasteiger partial charge in [0.1, 0.15) is 0 Å². The number of piperidine rings is 1. The summed E-state index contributed by atoms with van der Waals surface area (Å²) in [5, 5.41) is 3.36. The van der Waals surface area contributed by atoms with E-state index in [-0.39, 0.29) is 17.1 Å². The Bertz CT molecular complexity index is 1000. The van der Waals surface area contributed by atoms with Crippen LogP contribution in [0, 0.1) is 19.8 Å². The van der Waals surface area contributed by atoms with Crippen molar-refractivity contribution in [2.45, 2.75) is 64.0 Å². The van der Waals surface area contributed by atoms with Gasteiger partial charge in [-0.15, -0.1) is 0 Å². The molecule has 0 unspecified atom stereocenters. The number of nitrogens with one attached hydrogen (secondary N) is 1. The Morgan fingerprint density at radius 1 is 1.10 bits per heavy atom. The molecular formula is C21H29N3O3S2. The minimum Gasteiger partial charge on any atom is -0.302 e. The standard InChI is InChI=1S/C21H29N3O3S2/c1-14-12-15(2)19-18(13-14)22-21(28-19)23-20(25)16-8-10-24(11-9-16)29(26,27)17-6-4-3-5-7-17/h12-13,16-17H,3-11H2,1-2H3,(H,22,23,25). The molecule has 8 heteroatoms. The van der Waals surface area contributed by atoms with Gasteiger partial charge in [-0.05, 0) is 56.7 Å². The summed E-state index contributed by atoms with van der Waals surface area (Å²) in [6, 6.07) is 4.15. The first kappa shape index (κ1) is 20.8. The Morgan fingerprint density at radius 2 is 1.79 bits per heavy atom. The SMILES string of the molecule is Cc1cc(C)c2sc(NC(=O)C3CCN(S(=O)(=O)C4CCCCC4)CC3)nc2c1. The van der Waals surface area contributed by atoms with Gasteiger partial charge in [0.15, 0.2) is 5.13 Å². The number of hydrogen-bond donors (Lipinski definition) is 1. The molecule has 1 N–H and O–H groups in total. The van der Waals surface area contributed by atoms with E-state index in [0.717, 1.165) is 47.9 Å². The Hall–Kier alpha value is -1.51. The third-order valence-electron chi connectivity index (χ3n) is 6.21. The average Bonchev–Trinajstić information content (AvgIpc) is 3.11. The van der Waals surface area contributed by atoms with E-state index in [2.05, 4.69) is 23.3 Å². The first-order valence-electron chi connectivity index (χ1n) is 10.5. The number of amides is 1. The van der Waals surface area contributed by atoms with Gasteiger partial charge in [-0.1, -0.05) is 36.7 Å². The number of hydrogen-bond acceptors (Lipinski definition) is 5. The fourth-order valence-electron chi connectivity index (χ4n) is 4.58. The summed E-state index contributed by atoms with van der Waals surface area (Å²) < 4.78 is 28.5. The summed E-state index contributed by atoms with van der Waals surface area (Å²) in [7, 11) is -3.23. The quantitative estimate of drug-likeness (QED) is 0.780. The maximum atomic E-state index is 12.9. The third-order valence-corrected chi connectivity index (χ3v) is 9.73. The predicted molar refractivity (Wildman–Crippen MR) is 118 cm³/mol. The van der Waals surface area contributed by atoms with Crippen LogP contribution >= 0.6 is 11.3 Å². The van der Waals surface area contributed by atoms with Crippen LogP contribution < -0.4 is 5.32 Å². The molecule has 1 amide bonds. The second-order valence-electron chi connectivity index (χ2n) is 8.42. The highest BCUT2D eigenvalue weighted by Gasteiger charge is 2.36. The van der Waals surface area contributed by atoms with E-state index < -0.39 is 10.0 Å². The zero-order chi connectivity index (χ0) is 20.6. The number of anilines is 1. The van der Waals surface area contributed by atoms with Crippen LogP contribution in [0.25, 0.3) is 10.2 Å². The fraction of sp³-hybridized carbons (Fsp3) is 0.619. The van der Waals surface area contributed by atoms with Crippen molar-refractivity contribution in [3.05, 3.63) is 23.3 Å². The topological polar surface area (TPSA) is 79.4 Å². The summed E-state index contributed by atoms with van der Waals surface area (Å²) in [5.41, 5.74) is 3.24. The number of aromatic nitrogens is 1. The monoisotopic (exact) mass is 435 g/mol. The molecule has 158 valence electrons. The smallest absolute Gasteiger partial charge is 0.229 e. The Kier molecular flexibility index (Phi) is 5.95. The molecule has 1 aromatic heterocycles. The number of carbonyl (C=O) groups excluding carboxylic acids is 1. The number of nitrogens with zero attached hydrogens (tertiary/aromatic N) is 2. The predicted octanol–water partition coefficient (Wildman–Crippen LogP) is 4.23. The van der Waals surface area contributed by atoms with Crippen molar-refractivity contribution in [2.75, 3.05) is 18.4 Å². The zero-order valence-corrected chi connectivity index (χ0v) is 18.7. The van der Waals surface area contributed by atoms with E-state index in [0.29, 0.717) is 31.1 Å². The van der Waals surface area contributed by atoms with E-state index in [1.54, 1.807) is 4.31 Å². The lowest BCUT2D eigenvalue weighted by Gasteiger charge is -2.34. The highest BCUT2D eigenvalue weighted by atomic mass is 32.2. The van der Waals surface area contributed by atoms with Gasteiger partial charge in [0.2, 0.25) is 15.9 Å². The Balaban J connectivity index is 1.37. The zero-order valence-electron chi connectivity index (χ0n) is 17.1. The number of rotatable bonds is 4. The van der Waals surface area contributed by atoms with Crippen molar-refractivity contribution in [1.82, 2.24) is 9.29 Å². The number of carbonyl (C=O) groups is 1. The van der Waals surface area contributed by atoms with Crippen molar-refractivity contribution < 1.29 is 13.2 Å². The molecule has 2 aromatic rings. The maximum absolute atomic E-state index is 12.9. The van der Waals surface area contributed by atoms with E-state index in [1.165, 1.54) is 16.9 Å². The molecule has 0 radical (unpaired) electrons. The van der Waals surface area contributed by atoms with E-state index in [4.69, 9.17) is 0 Å². The largest absolute Gasteiger partial charge is 0.302 e. The summed E-state index contributed by atoms with van der Waals surface area (Å²) in [6.45, 7) is 4.98. The van der Waals surface area contributed by atoms with Crippen LogP contribution in [0.4, 0.5) is 5.13 Å². The lowest BCUT2D eigenvalue weighted by Crippen LogP contribution is -2.45.